The highest BCUT2D eigenvalue weighted by Gasteiger charge is 2.44. The van der Waals surface area contributed by atoms with Crippen LogP contribution in [0.5, 0.6) is 0 Å². The van der Waals surface area contributed by atoms with E-state index in [1.165, 1.54) is 6.07 Å². The summed E-state index contributed by atoms with van der Waals surface area (Å²) in [6, 6.07) is 2.36. The van der Waals surface area contributed by atoms with Crippen LogP contribution in [0.3, 0.4) is 0 Å². The lowest BCUT2D eigenvalue weighted by Gasteiger charge is -2.13. The van der Waals surface area contributed by atoms with Gasteiger partial charge in [-0.25, -0.2) is 8.78 Å². The van der Waals surface area contributed by atoms with E-state index in [2.05, 4.69) is 0 Å². The van der Waals surface area contributed by atoms with Crippen molar-refractivity contribution >= 4 is 18.1 Å². The lowest BCUT2D eigenvalue weighted by molar-refractivity contribution is 0.487. The maximum atomic E-state index is 13.3. The van der Waals surface area contributed by atoms with E-state index in [0.717, 1.165) is 6.07 Å². The van der Waals surface area contributed by atoms with E-state index in [1.807, 2.05) is 0 Å². The molecule has 1 fully saturated rings. The van der Waals surface area contributed by atoms with Crippen molar-refractivity contribution in [3.8, 4) is 0 Å². The molecule has 14 heavy (non-hydrogen) atoms. The van der Waals surface area contributed by atoms with Crippen LogP contribution in [0.2, 0.25) is 0 Å². The number of hydrogen-bond donors (Lipinski definition) is 2. The van der Waals surface area contributed by atoms with Crippen LogP contribution in [-0.4, -0.2) is 0 Å². The summed E-state index contributed by atoms with van der Waals surface area (Å²) in [5.41, 5.74) is 10.9. The molecule has 0 radical (unpaired) electrons. The van der Waals surface area contributed by atoms with Gasteiger partial charge in [0.2, 0.25) is 0 Å². The van der Waals surface area contributed by atoms with Crippen molar-refractivity contribution in [2.24, 2.45) is 5.73 Å². The second-order valence-electron chi connectivity index (χ2n) is 3.48. The Morgan fingerprint density at radius 1 is 1.21 bits per heavy atom. The summed E-state index contributed by atoms with van der Waals surface area (Å²) in [7, 11) is 0. The highest BCUT2D eigenvalue weighted by Crippen LogP contribution is 2.46. The molecule has 5 heteroatoms. The zero-order valence-corrected chi connectivity index (χ0v) is 8.20. The molecule has 2 rings (SSSR count). The molecule has 0 aromatic heterocycles. The molecular weight excluding hydrogens is 210 g/mol. The van der Waals surface area contributed by atoms with Gasteiger partial charge in [0.1, 0.15) is 0 Å². The van der Waals surface area contributed by atoms with Gasteiger partial charge in [0.15, 0.2) is 11.6 Å². The molecule has 0 saturated heterocycles. The molecule has 0 amide bonds. The Morgan fingerprint density at radius 3 is 2.29 bits per heavy atom. The third kappa shape index (κ3) is 1.55. The normalized spacial score (nSPS) is 17.4. The smallest absolute Gasteiger partial charge is 0.165 e. The van der Waals surface area contributed by atoms with E-state index in [9.17, 15) is 8.78 Å². The predicted molar refractivity (Wildman–Crippen MR) is 53.1 cm³/mol. The Morgan fingerprint density at radius 2 is 1.79 bits per heavy atom. The quantitative estimate of drug-likeness (QED) is 0.711. The fourth-order valence-electron chi connectivity index (χ4n) is 1.46. The molecular formula is C9H11ClF2N2. The first-order valence-corrected chi connectivity index (χ1v) is 4.07. The lowest BCUT2D eigenvalue weighted by atomic mass is 10.0. The topological polar surface area (TPSA) is 52.0 Å². The lowest BCUT2D eigenvalue weighted by Crippen LogP contribution is -2.22. The Bertz CT molecular complexity index is 364. The molecule has 4 N–H and O–H groups in total. The average Bonchev–Trinajstić information content (AvgIpc) is 2.78. The summed E-state index contributed by atoms with van der Waals surface area (Å²) in [6.45, 7) is 0. The van der Waals surface area contributed by atoms with Crippen LogP contribution in [0.4, 0.5) is 14.5 Å². The SMILES string of the molecule is Cl.Nc1ccc(F)c(F)c1C1(N)CC1. The molecule has 1 aliphatic carbocycles. The maximum Gasteiger partial charge on any atom is 0.165 e. The molecule has 0 unspecified atom stereocenters. The third-order valence-electron chi connectivity index (χ3n) is 2.41. The van der Waals surface area contributed by atoms with Crippen molar-refractivity contribution in [1.82, 2.24) is 0 Å². The van der Waals surface area contributed by atoms with Gasteiger partial charge in [-0.1, -0.05) is 0 Å². The van der Waals surface area contributed by atoms with Gasteiger partial charge in [-0.15, -0.1) is 12.4 Å². The molecule has 78 valence electrons. The van der Waals surface area contributed by atoms with Crippen LogP contribution in [-0.2, 0) is 5.54 Å². The first kappa shape index (κ1) is 11.2. The minimum atomic E-state index is -0.903. The minimum absolute atomic E-state index is 0. The summed E-state index contributed by atoms with van der Waals surface area (Å²) in [5.74, 6) is -1.79. The third-order valence-corrected chi connectivity index (χ3v) is 2.41. The molecule has 0 atom stereocenters. The number of nitrogen functional groups attached to an aromatic ring is 1. The van der Waals surface area contributed by atoms with Gasteiger partial charge < -0.3 is 11.5 Å². The molecule has 1 aliphatic rings. The number of anilines is 1. The van der Waals surface area contributed by atoms with E-state index < -0.39 is 17.2 Å². The van der Waals surface area contributed by atoms with Crippen LogP contribution in [0.15, 0.2) is 12.1 Å². The Hall–Kier alpha value is -0.870. The number of rotatable bonds is 1. The average molecular weight is 221 g/mol. The van der Waals surface area contributed by atoms with E-state index >= 15 is 0 Å². The number of hydrogen-bond acceptors (Lipinski definition) is 2. The van der Waals surface area contributed by atoms with Crippen molar-refractivity contribution in [3.63, 3.8) is 0 Å². The molecule has 0 aliphatic heterocycles. The Kier molecular flexibility index (Phi) is 2.69. The molecule has 0 bridgehead atoms. The minimum Gasteiger partial charge on any atom is -0.398 e. The van der Waals surface area contributed by atoms with E-state index in [1.54, 1.807) is 0 Å². The second kappa shape index (κ2) is 3.37. The van der Waals surface area contributed by atoms with E-state index in [4.69, 9.17) is 11.5 Å². The van der Waals surface area contributed by atoms with Crippen LogP contribution in [0.1, 0.15) is 18.4 Å². The monoisotopic (exact) mass is 220 g/mol. The highest BCUT2D eigenvalue weighted by atomic mass is 35.5. The van der Waals surface area contributed by atoms with E-state index in [-0.39, 0.29) is 23.7 Å². The molecule has 0 heterocycles. The van der Waals surface area contributed by atoms with E-state index in [0.29, 0.717) is 12.8 Å². The van der Waals surface area contributed by atoms with Crippen LogP contribution < -0.4 is 11.5 Å². The summed E-state index contributed by atoms with van der Waals surface area (Å²) < 4.78 is 26.1. The molecule has 2 nitrogen and oxygen atoms in total. The van der Waals surface area contributed by atoms with Crippen molar-refractivity contribution in [1.29, 1.82) is 0 Å². The number of benzene rings is 1. The first-order chi connectivity index (χ1) is 6.04. The van der Waals surface area contributed by atoms with Gasteiger partial charge in [0, 0.05) is 16.8 Å². The number of nitrogens with two attached hydrogens (primary N) is 2. The first-order valence-electron chi connectivity index (χ1n) is 4.07. The van der Waals surface area contributed by atoms with Gasteiger partial charge in [-0.2, -0.15) is 0 Å². The van der Waals surface area contributed by atoms with Crippen molar-refractivity contribution < 1.29 is 8.78 Å². The molecule has 0 spiro atoms. The van der Waals surface area contributed by atoms with Crippen LogP contribution in [0.25, 0.3) is 0 Å². The molecule has 1 aromatic carbocycles. The zero-order valence-electron chi connectivity index (χ0n) is 7.39. The van der Waals surface area contributed by atoms with Crippen LogP contribution in [0, 0.1) is 11.6 Å². The number of halogens is 3. The fraction of sp³-hybridized carbons (Fsp3) is 0.333. The standard InChI is InChI=1S/C9H10F2N2.ClH/c10-5-1-2-6(12)7(8(5)11)9(13)3-4-9;/h1-2H,3-4,12-13H2;1H. The van der Waals surface area contributed by atoms with Crippen molar-refractivity contribution in [2.45, 2.75) is 18.4 Å². The fourth-order valence-corrected chi connectivity index (χ4v) is 1.46. The summed E-state index contributed by atoms with van der Waals surface area (Å²) in [4.78, 5) is 0. The van der Waals surface area contributed by atoms with Gasteiger partial charge in [-0.3, -0.25) is 0 Å². The maximum absolute atomic E-state index is 13.3. The zero-order chi connectivity index (χ0) is 9.64. The van der Waals surface area contributed by atoms with Crippen molar-refractivity contribution in [3.05, 3.63) is 29.3 Å². The highest BCUT2D eigenvalue weighted by molar-refractivity contribution is 5.85. The van der Waals surface area contributed by atoms with Gasteiger partial charge in [-0.05, 0) is 25.0 Å². The van der Waals surface area contributed by atoms with Gasteiger partial charge in [0.25, 0.3) is 0 Å². The molecule has 1 aromatic rings. The largest absolute Gasteiger partial charge is 0.398 e. The summed E-state index contributed by atoms with van der Waals surface area (Å²) >= 11 is 0. The Balaban J connectivity index is 0.000000980. The second-order valence-corrected chi connectivity index (χ2v) is 3.48. The van der Waals surface area contributed by atoms with Gasteiger partial charge >= 0.3 is 0 Å². The van der Waals surface area contributed by atoms with Crippen LogP contribution >= 0.6 is 12.4 Å². The van der Waals surface area contributed by atoms with Gasteiger partial charge in [0.05, 0.1) is 0 Å². The Labute approximate surface area is 86.7 Å². The predicted octanol–water partition coefficient (Wildman–Crippen LogP) is 1.92. The molecule has 1 saturated carbocycles. The summed E-state index contributed by atoms with van der Waals surface area (Å²) in [5, 5.41) is 0. The summed E-state index contributed by atoms with van der Waals surface area (Å²) in [6.07, 6.45) is 1.33. The van der Waals surface area contributed by atoms with Crippen molar-refractivity contribution in [2.75, 3.05) is 5.73 Å².